The lowest BCUT2D eigenvalue weighted by Crippen LogP contribution is -2.08. The molecule has 19 heavy (non-hydrogen) atoms. The van der Waals surface area contributed by atoms with Crippen molar-refractivity contribution in [1.29, 1.82) is 0 Å². The van der Waals surface area contributed by atoms with Gasteiger partial charge in [-0.3, -0.25) is 4.72 Å². The SMILES string of the molecule is Cc1nc(NS(C)(=O)=O)sc1Cc1ccc(Cl)cc1. The largest absolute Gasteiger partial charge is 0.259 e. The number of benzene rings is 1. The third-order valence-corrected chi connectivity index (χ3v) is 4.46. The zero-order valence-corrected chi connectivity index (χ0v) is 12.9. The van der Waals surface area contributed by atoms with Gasteiger partial charge in [0.1, 0.15) is 0 Å². The molecular formula is C12H13ClN2O2S2. The molecule has 4 nitrogen and oxygen atoms in total. The molecule has 1 aromatic heterocycles. The van der Waals surface area contributed by atoms with Crippen LogP contribution in [0.2, 0.25) is 5.02 Å². The Kier molecular flexibility index (Phi) is 4.13. The Morgan fingerprint density at radius 2 is 1.95 bits per heavy atom. The van der Waals surface area contributed by atoms with Crippen molar-refractivity contribution < 1.29 is 8.42 Å². The minimum atomic E-state index is -3.28. The third-order valence-electron chi connectivity index (χ3n) is 2.44. The van der Waals surface area contributed by atoms with Gasteiger partial charge in [-0.2, -0.15) is 0 Å². The highest BCUT2D eigenvalue weighted by molar-refractivity contribution is 7.92. The molecular weight excluding hydrogens is 304 g/mol. The van der Waals surface area contributed by atoms with Crippen LogP contribution < -0.4 is 4.72 Å². The van der Waals surface area contributed by atoms with Crippen molar-refractivity contribution in [2.24, 2.45) is 0 Å². The van der Waals surface area contributed by atoms with E-state index in [1.54, 1.807) is 0 Å². The Labute approximate surface area is 121 Å². The monoisotopic (exact) mass is 316 g/mol. The third kappa shape index (κ3) is 4.19. The average molecular weight is 317 g/mol. The molecule has 0 fully saturated rings. The van der Waals surface area contributed by atoms with Gasteiger partial charge in [0.05, 0.1) is 11.9 Å². The molecule has 1 heterocycles. The number of sulfonamides is 1. The minimum Gasteiger partial charge on any atom is -0.259 e. The number of nitrogens with one attached hydrogen (secondary N) is 1. The van der Waals surface area contributed by atoms with Crippen LogP contribution in [-0.4, -0.2) is 19.7 Å². The van der Waals surface area contributed by atoms with Crippen LogP contribution in [0.1, 0.15) is 16.1 Å². The second-order valence-corrected chi connectivity index (χ2v) is 7.47. The lowest BCUT2D eigenvalue weighted by atomic mass is 10.1. The fourth-order valence-corrected chi connectivity index (χ4v) is 3.54. The van der Waals surface area contributed by atoms with Gasteiger partial charge in [0.2, 0.25) is 10.0 Å². The molecule has 0 radical (unpaired) electrons. The first-order valence-electron chi connectivity index (χ1n) is 5.52. The van der Waals surface area contributed by atoms with Crippen LogP contribution in [0.4, 0.5) is 5.13 Å². The van der Waals surface area contributed by atoms with E-state index in [1.807, 2.05) is 31.2 Å². The first kappa shape index (κ1) is 14.3. The molecule has 0 spiro atoms. The summed E-state index contributed by atoms with van der Waals surface area (Å²) in [7, 11) is -3.28. The van der Waals surface area contributed by atoms with Crippen molar-refractivity contribution in [2.75, 3.05) is 11.0 Å². The summed E-state index contributed by atoms with van der Waals surface area (Å²) in [6, 6.07) is 7.57. The van der Waals surface area contributed by atoms with E-state index < -0.39 is 10.0 Å². The fourth-order valence-electron chi connectivity index (χ4n) is 1.58. The van der Waals surface area contributed by atoms with Gasteiger partial charge in [-0.05, 0) is 24.6 Å². The Morgan fingerprint density at radius 3 is 2.53 bits per heavy atom. The molecule has 2 aromatic rings. The number of thiazole rings is 1. The maximum atomic E-state index is 11.2. The number of rotatable bonds is 4. The zero-order valence-electron chi connectivity index (χ0n) is 10.5. The van der Waals surface area contributed by atoms with Gasteiger partial charge in [-0.25, -0.2) is 13.4 Å². The first-order valence-corrected chi connectivity index (χ1v) is 8.60. The van der Waals surface area contributed by atoms with E-state index in [0.29, 0.717) is 16.6 Å². The molecule has 0 atom stereocenters. The van der Waals surface area contributed by atoms with E-state index in [9.17, 15) is 8.42 Å². The van der Waals surface area contributed by atoms with Crippen LogP contribution >= 0.6 is 22.9 Å². The van der Waals surface area contributed by atoms with Gasteiger partial charge in [0.25, 0.3) is 0 Å². The lowest BCUT2D eigenvalue weighted by molar-refractivity contribution is 0.607. The topological polar surface area (TPSA) is 59.1 Å². The van der Waals surface area contributed by atoms with Gasteiger partial charge in [0.15, 0.2) is 5.13 Å². The van der Waals surface area contributed by atoms with Crippen LogP contribution in [-0.2, 0) is 16.4 Å². The van der Waals surface area contributed by atoms with Crippen molar-refractivity contribution in [1.82, 2.24) is 4.98 Å². The maximum absolute atomic E-state index is 11.2. The van der Waals surface area contributed by atoms with Crippen LogP contribution in [0, 0.1) is 6.92 Å². The van der Waals surface area contributed by atoms with Crippen molar-refractivity contribution in [3.05, 3.63) is 45.4 Å². The van der Waals surface area contributed by atoms with Crippen LogP contribution in [0.15, 0.2) is 24.3 Å². The predicted molar refractivity (Wildman–Crippen MR) is 79.6 cm³/mol. The average Bonchev–Trinajstić information content (AvgIpc) is 2.60. The van der Waals surface area contributed by atoms with Crippen LogP contribution in [0.3, 0.4) is 0 Å². The molecule has 0 aliphatic heterocycles. The molecule has 0 aliphatic rings. The molecule has 1 N–H and O–H groups in total. The van der Waals surface area contributed by atoms with Gasteiger partial charge in [-0.15, -0.1) is 11.3 Å². The van der Waals surface area contributed by atoms with Gasteiger partial charge in [-0.1, -0.05) is 23.7 Å². The lowest BCUT2D eigenvalue weighted by Gasteiger charge is -1.99. The van der Waals surface area contributed by atoms with E-state index in [4.69, 9.17) is 11.6 Å². The molecule has 102 valence electrons. The number of hydrogen-bond donors (Lipinski definition) is 1. The fraction of sp³-hybridized carbons (Fsp3) is 0.250. The summed E-state index contributed by atoms with van der Waals surface area (Å²) in [5.74, 6) is 0. The zero-order chi connectivity index (χ0) is 14.0. The summed E-state index contributed by atoms with van der Waals surface area (Å²) in [5, 5.41) is 1.10. The Bertz CT molecular complexity index is 678. The van der Waals surface area contributed by atoms with Crippen molar-refractivity contribution >= 4 is 38.1 Å². The molecule has 2 rings (SSSR count). The van der Waals surface area contributed by atoms with Crippen LogP contribution in [0.5, 0.6) is 0 Å². The highest BCUT2D eigenvalue weighted by Gasteiger charge is 2.11. The van der Waals surface area contributed by atoms with Gasteiger partial charge in [0, 0.05) is 16.3 Å². The standard InChI is InChI=1S/C12H13ClN2O2S2/c1-8-11(7-9-3-5-10(13)6-4-9)18-12(14-8)15-19(2,16)17/h3-6H,7H2,1-2H3,(H,14,15). The summed E-state index contributed by atoms with van der Waals surface area (Å²) >= 11 is 7.19. The van der Waals surface area contributed by atoms with Crippen molar-refractivity contribution in [3.63, 3.8) is 0 Å². The maximum Gasteiger partial charge on any atom is 0.231 e. The van der Waals surface area contributed by atoms with Crippen molar-refractivity contribution in [2.45, 2.75) is 13.3 Å². The summed E-state index contributed by atoms with van der Waals surface area (Å²) in [4.78, 5) is 5.25. The van der Waals surface area contributed by atoms with E-state index in [2.05, 4.69) is 9.71 Å². The van der Waals surface area contributed by atoms with E-state index >= 15 is 0 Å². The van der Waals surface area contributed by atoms with Gasteiger partial charge < -0.3 is 0 Å². The number of nitrogens with zero attached hydrogens (tertiary/aromatic N) is 1. The first-order chi connectivity index (χ1) is 8.83. The van der Waals surface area contributed by atoms with E-state index in [0.717, 1.165) is 22.4 Å². The molecule has 0 bridgehead atoms. The minimum absolute atomic E-state index is 0.406. The number of anilines is 1. The quantitative estimate of drug-likeness (QED) is 0.943. The van der Waals surface area contributed by atoms with Crippen molar-refractivity contribution in [3.8, 4) is 0 Å². The summed E-state index contributed by atoms with van der Waals surface area (Å²) in [5.41, 5.74) is 1.95. The van der Waals surface area contributed by atoms with E-state index in [-0.39, 0.29) is 0 Å². The van der Waals surface area contributed by atoms with E-state index in [1.165, 1.54) is 11.3 Å². The molecule has 0 unspecified atom stereocenters. The predicted octanol–water partition coefficient (Wildman–Crippen LogP) is 3.07. The number of aryl methyl sites for hydroxylation is 1. The summed E-state index contributed by atoms with van der Waals surface area (Å²) < 4.78 is 24.7. The number of halogens is 1. The number of aromatic nitrogens is 1. The highest BCUT2D eigenvalue weighted by Crippen LogP contribution is 2.26. The normalized spacial score (nSPS) is 11.5. The Morgan fingerprint density at radius 1 is 1.32 bits per heavy atom. The molecule has 0 aliphatic carbocycles. The smallest absolute Gasteiger partial charge is 0.231 e. The molecule has 0 amide bonds. The number of hydrogen-bond acceptors (Lipinski definition) is 4. The van der Waals surface area contributed by atoms with Gasteiger partial charge >= 0.3 is 0 Å². The summed E-state index contributed by atoms with van der Waals surface area (Å²) in [6.45, 7) is 1.87. The molecule has 0 saturated carbocycles. The molecule has 1 aromatic carbocycles. The second kappa shape index (κ2) is 5.48. The van der Waals surface area contributed by atoms with Crippen LogP contribution in [0.25, 0.3) is 0 Å². The Balaban J connectivity index is 2.19. The molecule has 7 heteroatoms. The highest BCUT2D eigenvalue weighted by atomic mass is 35.5. The summed E-state index contributed by atoms with van der Waals surface area (Å²) in [6.07, 6.45) is 1.83. The molecule has 0 saturated heterocycles. The second-order valence-electron chi connectivity index (χ2n) is 4.21. The Hall–Kier alpha value is -1.11.